The normalized spacial score (nSPS) is 18.6. The van der Waals surface area contributed by atoms with E-state index in [1.165, 1.54) is 0 Å². The van der Waals surface area contributed by atoms with E-state index in [1.54, 1.807) is 12.1 Å². The smallest absolute Gasteiger partial charge is 0.164 e. The molecule has 1 aromatic carbocycles. The third-order valence-electron chi connectivity index (χ3n) is 3.27. The van der Waals surface area contributed by atoms with Crippen LogP contribution in [0.4, 0.5) is 0 Å². The fourth-order valence-electron chi connectivity index (χ4n) is 2.27. The molecule has 18 heavy (non-hydrogen) atoms. The number of benzene rings is 1. The molecule has 0 saturated heterocycles. The van der Waals surface area contributed by atoms with E-state index in [1.807, 2.05) is 12.1 Å². The molecule has 2 heterocycles. The lowest BCUT2D eigenvalue weighted by Gasteiger charge is -2.25. The van der Waals surface area contributed by atoms with Crippen molar-refractivity contribution in [2.75, 3.05) is 6.61 Å². The van der Waals surface area contributed by atoms with Crippen LogP contribution in [0.25, 0.3) is 11.4 Å². The van der Waals surface area contributed by atoms with Crippen molar-refractivity contribution in [2.24, 2.45) is 0 Å². The summed E-state index contributed by atoms with van der Waals surface area (Å²) in [6.45, 7) is 3.35. The topological polar surface area (TPSA) is 60.2 Å². The molecule has 0 spiro atoms. The summed E-state index contributed by atoms with van der Waals surface area (Å²) in [6.07, 6.45) is 0.982. The third-order valence-corrected chi connectivity index (χ3v) is 3.27. The molecule has 1 unspecified atom stereocenters. The maximum atomic E-state index is 9.33. The van der Waals surface area contributed by atoms with Gasteiger partial charge in [0.1, 0.15) is 12.4 Å². The van der Waals surface area contributed by atoms with Crippen molar-refractivity contribution in [1.29, 1.82) is 0 Å². The average Bonchev–Trinajstić information content (AvgIpc) is 2.83. The summed E-state index contributed by atoms with van der Waals surface area (Å²) in [6, 6.07) is 7.32. The summed E-state index contributed by atoms with van der Waals surface area (Å²) in [5, 5.41) is 17.8. The number of fused-ring (bicyclic) bond motifs is 1. The van der Waals surface area contributed by atoms with Crippen LogP contribution in [-0.4, -0.2) is 26.5 Å². The van der Waals surface area contributed by atoms with E-state index < -0.39 is 0 Å². The summed E-state index contributed by atoms with van der Waals surface area (Å²) in [4.78, 5) is 0. The van der Waals surface area contributed by atoms with Crippen LogP contribution in [0.5, 0.6) is 5.75 Å². The first-order valence-electron chi connectivity index (χ1n) is 6.10. The summed E-state index contributed by atoms with van der Waals surface area (Å²) in [5.41, 5.74) is 0.965. The van der Waals surface area contributed by atoms with Gasteiger partial charge in [-0.25, -0.2) is 0 Å². The van der Waals surface area contributed by atoms with Crippen LogP contribution < -0.4 is 0 Å². The minimum absolute atomic E-state index is 0.257. The predicted molar refractivity (Wildman–Crippen MR) is 66.1 cm³/mol. The van der Waals surface area contributed by atoms with Crippen LogP contribution in [0.3, 0.4) is 0 Å². The largest absolute Gasteiger partial charge is 0.508 e. The first kappa shape index (κ1) is 11.2. The monoisotopic (exact) mass is 245 g/mol. The van der Waals surface area contributed by atoms with Gasteiger partial charge in [0.15, 0.2) is 11.6 Å². The molecule has 0 bridgehead atoms. The fraction of sp³-hybridized carbons (Fsp3) is 0.385. The second-order valence-electron chi connectivity index (χ2n) is 4.43. The molecule has 0 saturated carbocycles. The Labute approximate surface area is 105 Å². The van der Waals surface area contributed by atoms with Gasteiger partial charge in [0.2, 0.25) is 0 Å². The van der Waals surface area contributed by atoms with Crippen LogP contribution in [0.15, 0.2) is 24.3 Å². The standard InChI is InChI=1S/C13H15N3O2/c1-2-10-7-18-8-12-14-15-13(16(10)12)9-3-5-11(17)6-4-9/h3-6,10,17H,2,7-8H2,1H3. The van der Waals surface area contributed by atoms with E-state index in [9.17, 15) is 5.11 Å². The Morgan fingerprint density at radius 2 is 2.11 bits per heavy atom. The molecule has 3 rings (SSSR count). The Morgan fingerprint density at radius 1 is 1.33 bits per heavy atom. The molecule has 0 radical (unpaired) electrons. The van der Waals surface area contributed by atoms with Crippen molar-refractivity contribution in [3.8, 4) is 17.1 Å². The zero-order valence-electron chi connectivity index (χ0n) is 10.2. The van der Waals surface area contributed by atoms with E-state index >= 15 is 0 Å². The second-order valence-corrected chi connectivity index (χ2v) is 4.43. The molecule has 0 aliphatic carbocycles. The molecule has 1 atom stereocenters. The molecular formula is C13H15N3O2. The summed E-state index contributed by atoms with van der Waals surface area (Å²) >= 11 is 0. The van der Waals surface area contributed by atoms with Gasteiger partial charge in [-0.05, 0) is 30.7 Å². The van der Waals surface area contributed by atoms with Crippen LogP contribution in [0.2, 0.25) is 0 Å². The zero-order valence-corrected chi connectivity index (χ0v) is 10.2. The number of phenolic OH excluding ortho intramolecular Hbond substituents is 1. The molecule has 1 aromatic heterocycles. The number of rotatable bonds is 2. The minimum atomic E-state index is 0.257. The van der Waals surface area contributed by atoms with E-state index in [-0.39, 0.29) is 11.8 Å². The molecule has 5 nitrogen and oxygen atoms in total. The predicted octanol–water partition coefficient (Wildman–Crippen LogP) is 2.13. The molecule has 1 aliphatic rings. The third kappa shape index (κ3) is 1.76. The first-order valence-corrected chi connectivity index (χ1v) is 6.10. The minimum Gasteiger partial charge on any atom is -0.508 e. The molecule has 1 aliphatic heterocycles. The van der Waals surface area contributed by atoms with Crippen molar-refractivity contribution in [2.45, 2.75) is 26.0 Å². The fourth-order valence-corrected chi connectivity index (χ4v) is 2.27. The van der Waals surface area contributed by atoms with Crippen LogP contribution in [0.1, 0.15) is 25.2 Å². The van der Waals surface area contributed by atoms with Gasteiger partial charge in [-0.1, -0.05) is 6.92 Å². The Balaban J connectivity index is 2.08. The number of phenols is 1. The SMILES string of the molecule is CCC1COCc2nnc(-c3ccc(O)cc3)n21. The molecule has 94 valence electrons. The second kappa shape index (κ2) is 4.42. The number of hydrogen-bond acceptors (Lipinski definition) is 4. The quantitative estimate of drug-likeness (QED) is 0.880. The first-order chi connectivity index (χ1) is 8.79. The molecule has 0 fully saturated rings. The summed E-state index contributed by atoms with van der Waals surface area (Å²) < 4.78 is 7.65. The van der Waals surface area contributed by atoms with E-state index in [0.29, 0.717) is 13.2 Å². The Morgan fingerprint density at radius 3 is 2.83 bits per heavy atom. The van der Waals surface area contributed by atoms with Crippen molar-refractivity contribution < 1.29 is 9.84 Å². The Kier molecular flexibility index (Phi) is 2.76. The van der Waals surface area contributed by atoms with Gasteiger partial charge >= 0.3 is 0 Å². The number of hydrogen-bond donors (Lipinski definition) is 1. The van der Waals surface area contributed by atoms with Crippen molar-refractivity contribution in [3.05, 3.63) is 30.1 Å². The van der Waals surface area contributed by atoms with Crippen LogP contribution in [-0.2, 0) is 11.3 Å². The lowest BCUT2D eigenvalue weighted by atomic mass is 10.1. The van der Waals surface area contributed by atoms with Crippen molar-refractivity contribution in [3.63, 3.8) is 0 Å². The highest BCUT2D eigenvalue weighted by Gasteiger charge is 2.24. The molecular weight excluding hydrogens is 230 g/mol. The molecule has 5 heteroatoms. The number of aromatic hydroxyl groups is 1. The van der Waals surface area contributed by atoms with Gasteiger partial charge in [-0.15, -0.1) is 10.2 Å². The molecule has 2 aromatic rings. The van der Waals surface area contributed by atoms with E-state index in [0.717, 1.165) is 23.6 Å². The lowest BCUT2D eigenvalue weighted by molar-refractivity contribution is 0.0542. The van der Waals surface area contributed by atoms with Crippen molar-refractivity contribution >= 4 is 0 Å². The molecule has 1 N–H and O–H groups in total. The molecule has 0 amide bonds. The summed E-state index contributed by atoms with van der Waals surface area (Å²) in [5.74, 6) is 1.98. The van der Waals surface area contributed by atoms with Gasteiger partial charge in [0.05, 0.1) is 12.6 Å². The van der Waals surface area contributed by atoms with Gasteiger partial charge in [-0.3, -0.25) is 0 Å². The maximum Gasteiger partial charge on any atom is 0.164 e. The zero-order chi connectivity index (χ0) is 12.5. The van der Waals surface area contributed by atoms with Crippen LogP contribution in [0, 0.1) is 0 Å². The van der Waals surface area contributed by atoms with Gasteiger partial charge < -0.3 is 14.4 Å². The Hall–Kier alpha value is -1.88. The lowest BCUT2D eigenvalue weighted by Crippen LogP contribution is -2.23. The van der Waals surface area contributed by atoms with Gasteiger partial charge in [0.25, 0.3) is 0 Å². The highest BCUT2D eigenvalue weighted by molar-refractivity contribution is 5.56. The van der Waals surface area contributed by atoms with Gasteiger partial charge in [0, 0.05) is 5.56 Å². The highest BCUT2D eigenvalue weighted by Crippen LogP contribution is 2.28. The van der Waals surface area contributed by atoms with Gasteiger partial charge in [-0.2, -0.15) is 0 Å². The number of nitrogens with zero attached hydrogens (tertiary/aromatic N) is 3. The number of aromatic nitrogens is 3. The summed E-state index contributed by atoms with van der Waals surface area (Å²) in [7, 11) is 0. The highest BCUT2D eigenvalue weighted by atomic mass is 16.5. The van der Waals surface area contributed by atoms with E-state index in [2.05, 4.69) is 21.7 Å². The van der Waals surface area contributed by atoms with Crippen molar-refractivity contribution in [1.82, 2.24) is 14.8 Å². The maximum absolute atomic E-state index is 9.33. The average molecular weight is 245 g/mol. The Bertz CT molecular complexity index is 548. The number of ether oxygens (including phenoxy) is 1. The van der Waals surface area contributed by atoms with E-state index in [4.69, 9.17) is 4.74 Å². The van der Waals surface area contributed by atoms with Crippen LogP contribution >= 0.6 is 0 Å².